The van der Waals surface area contributed by atoms with Gasteiger partial charge in [0.15, 0.2) is 0 Å². The van der Waals surface area contributed by atoms with Crippen molar-refractivity contribution in [3.05, 3.63) is 29.3 Å². The summed E-state index contributed by atoms with van der Waals surface area (Å²) in [5.74, 6) is -2.76. The van der Waals surface area contributed by atoms with Crippen LogP contribution in [0.5, 0.6) is 0 Å². The van der Waals surface area contributed by atoms with Crippen LogP contribution in [0.25, 0.3) is 0 Å². The molecule has 2 rings (SSSR count). The van der Waals surface area contributed by atoms with Gasteiger partial charge in [-0.25, -0.2) is 4.79 Å². The Kier molecular flexibility index (Phi) is 3.98. The molecule has 0 radical (unpaired) electrons. The van der Waals surface area contributed by atoms with Crippen LogP contribution in [0.2, 0.25) is 0 Å². The highest BCUT2D eigenvalue weighted by Gasteiger charge is 2.38. The molecule has 0 amide bonds. The van der Waals surface area contributed by atoms with E-state index in [1.807, 2.05) is 6.07 Å². The Hall–Kier alpha value is -1.72. The third kappa shape index (κ3) is 3.97. The number of alkyl halides is 3. The molecule has 1 aliphatic carbocycles. The van der Waals surface area contributed by atoms with Gasteiger partial charge in [-0.15, -0.1) is 0 Å². The average Bonchev–Trinajstić information content (AvgIpc) is 2.63. The van der Waals surface area contributed by atoms with E-state index in [0.29, 0.717) is 0 Å². The number of fused-ring (bicyclic) bond motifs is 1. The van der Waals surface area contributed by atoms with Crippen molar-refractivity contribution in [3.63, 3.8) is 0 Å². The van der Waals surface area contributed by atoms with Crippen LogP contribution in [-0.4, -0.2) is 17.3 Å². The van der Waals surface area contributed by atoms with Crippen LogP contribution < -0.4 is 5.73 Å². The number of hydrogen-bond acceptors (Lipinski definition) is 2. The molecule has 0 aliphatic heterocycles. The van der Waals surface area contributed by atoms with E-state index in [4.69, 9.17) is 15.6 Å². The van der Waals surface area contributed by atoms with Crippen molar-refractivity contribution in [2.45, 2.75) is 25.4 Å². The lowest BCUT2D eigenvalue weighted by Gasteiger charge is -1.98. The smallest absolute Gasteiger partial charge is 0.475 e. The number of nitrogens with two attached hydrogens (primary N) is 1. The number of carboxylic acid groups (broad SMARTS) is 1. The summed E-state index contributed by atoms with van der Waals surface area (Å²) in [4.78, 5) is 8.90. The number of nitrogen functional groups attached to an aromatic ring is 1. The Balaban J connectivity index is 0.000000185. The first-order valence-corrected chi connectivity index (χ1v) is 4.98. The van der Waals surface area contributed by atoms with Gasteiger partial charge < -0.3 is 10.8 Å². The summed E-state index contributed by atoms with van der Waals surface area (Å²) in [6.07, 6.45) is -1.31. The normalized spacial score (nSPS) is 13.6. The van der Waals surface area contributed by atoms with E-state index in [2.05, 4.69) is 12.1 Å². The first kappa shape index (κ1) is 13.3. The van der Waals surface area contributed by atoms with Gasteiger partial charge in [0.25, 0.3) is 0 Å². The van der Waals surface area contributed by atoms with Crippen LogP contribution in [0.15, 0.2) is 18.2 Å². The Morgan fingerprint density at radius 2 is 1.76 bits per heavy atom. The number of anilines is 1. The Bertz CT molecular complexity index is 416. The van der Waals surface area contributed by atoms with E-state index in [9.17, 15) is 13.2 Å². The molecule has 0 heterocycles. The van der Waals surface area contributed by atoms with Crippen molar-refractivity contribution in [2.24, 2.45) is 0 Å². The van der Waals surface area contributed by atoms with Gasteiger partial charge in [0.1, 0.15) is 0 Å². The van der Waals surface area contributed by atoms with Gasteiger partial charge in [-0.05, 0) is 42.5 Å². The summed E-state index contributed by atoms with van der Waals surface area (Å²) < 4.78 is 31.7. The number of carbonyl (C=O) groups is 1. The lowest BCUT2D eigenvalue weighted by molar-refractivity contribution is -0.192. The number of rotatable bonds is 0. The molecule has 0 saturated heterocycles. The zero-order valence-electron chi connectivity index (χ0n) is 8.92. The fourth-order valence-electron chi connectivity index (χ4n) is 1.59. The number of carboxylic acids is 1. The van der Waals surface area contributed by atoms with Crippen LogP contribution in [-0.2, 0) is 17.6 Å². The predicted octanol–water partition coefficient (Wildman–Crippen LogP) is 2.39. The van der Waals surface area contributed by atoms with E-state index in [0.717, 1.165) is 5.69 Å². The minimum Gasteiger partial charge on any atom is -0.475 e. The Morgan fingerprint density at radius 1 is 1.24 bits per heavy atom. The van der Waals surface area contributed by atoms with Crippen molar-refractivity contribution < 1.29 is 23.1 Å². The number of halogens is 3. The number of aryl methyl sites for hydroxylation is 2. The Morgan fingerprint density at radius 3 is 2.29 bits per heavy atom. The molecule has 94 valence electrons. The van der Waals surface area contributed by atoms with Crippen molar-refractivity contribution in [1.29, 1.82) is 0 Å². The van der Waals surface area contributed by atoms with Crippen molar-refractivity contribution in [3.8, 4) is 0 Å². The highest BCUT2D eigenvalue weighted by Crippen LogP contribution is 2.23. The minimum atomic E-state index is -5.08. The first-order chi connectivity index (χ1) is 7.80. The second-order valence-electron chi connectivity index (χ2n) is 3.68. The van der Waals surface area contributed by atoms with Crippen molar-refractivity contribution in [1.82, 2.24) is 0 Å². The van der Waals surface area contributed by atoms with Crippen molar-refractivity contribution in [2.75, 3.05) is 5.73 Å². The predicted molar refractivity (Wildman–Crippen MR) is 56.6 cm³/mol. The summed E-state index contributed by atoms with van der Waals surface area (Å²) in [6, 6.07) is 6.24. The summed E-state index contributed by atoms with van der Waals surface area (Å²) in [7, 11) is 0. The molecule has 0 atom stereocenters. The van der Waals surface area contributed by atoms with Crippen LogP contribution in [0, 0.1) is 0 Å². The quantitative estimate of drug-likeness (QED) is 0.692. The van der Waals surface area contributed by atoms with E-state index < -0.39 is 12.1 Å². The lowest BCUT2D eigenvalue weighted by Crippen LogP contribution is -2.21. The topological polar surface area (TPSA) is 63.3 Å². The first-order valence-electron chi connectivity index (χ1n) is 4.98. The van der Waals surface area contributed by atoms with Gasteiger partial charge in [0, 0.05) is 5.69 Å². The highest BCUT2D eigenvalue weighted by molar-refractivity contribution is 5.73. The third-order valence-electron chi connectivity index (χ3n) is 2.37. The van der Waals surface area contributed by atoms with Gasteiger partial charge in [-0.3, -0.25) is 0 Å². The minimum absolute atomic E-state index is 0.903. The van der Waals surface area contributed by atoms with Crippen LogP contribution in [0.1, 0.15) is 17.5 Å². The second kappa shape index (κ2) is 5.07. The summed E-state index contributed by atoms with van der Waals surface area (Å²) in [5, 5.41) is 7.12. The maximum absolute atomic E-state index is 10.6. The van der Waals surface area contributed by atoms with E-state index in [1.165, 1.54) is 30.4 Å². The van der Waals surface area contributed by atoms with E-state index >= 15 is 0 Å². The maximum Gasteiger partial charge on any atom is 0.490 e. The number of benzene rings is 1. The number of aliphatic carboxylic acids is 1. The standard InChI is InChI=1S/C9H11N.C2HF3O2/c10-9-5-4-7-2-1-3-8(7)6-9;3-2(4,5)1(6)7/h4-6H,1-3,10H2;(H,6,7). The molecule has 3 nitrogen and oxygen atoms in total. The average molecular weight is 247 g/mol. The zero-order chi connectivity index (χ0) is 13.1. The fraction of sp³-hybridized carbons (Fsp3) is 0.364. The van der Waals surface area contributed by atoms with Crippen LogP contribution in [0.4, 0.5) is 18.9 Å². The van der Waals surface area contributed by atoms with Gasteiger partial charge in [0.2, 0.25) is 0 Å². The van der Waals surface area contributed by atoms with Crippen molar-refractivity contribution >= 4 is 11.7 Å². The molecular weight excluding hydrogens is 235 g/mol. The molecule has 6 heteroatoms. The van der Waals surface area contributed by atoms with Gasteiger partial charge in [-0.2, -0.15) is 13.2 Å². The molecule has 0 fully saturated rings. The fourth-order valence-corrected chi connectivity index (χ4v) is 1.59. The van der Waals surface area contributed by atoms with Gasteiger partial charge in [0.05, 0.1) is 0 Å². The maximum atomic E-state index is 10.6. The molecule has 1 aromatic carbocycles. The SMILES string of the molecule is Nc1ccc2c(c1)CCC2.O=C(O)C(F)(F)F. The Labute approximate surface area is 96.0 Å². The summed E-state index contributed by atoms with van der Waals surface area (Å²) in [5.41, 5.74) is 9.49. The molecule has 0 saturated carbocycles. The summed E-state index contributed by atoms with van der Waals surface area (Å²) in [6.45, 7) is 0. The molecule has 1 aromatic rings. The molecule has 0 unspecified atom stereocenters. The number of hydrogen-bond donors (Lipinski definition) is 2. The zero-order valence-corrected chi connectivity index (χ0v) is 8.92. The van der Waals surface area contributed by atoms with Gasteiger partial charge >= 0.3 is 12.1 Å². The van der Waals surface area contributed by atoms with E-state index in [-0.39, 0.29) is 0 Å². The molecule has 0 spiro atoms. The molecular formula is C11H12F3NO2. The lowest BCUT2D eigenvalue weighted by atomic mass is 10.1. The molecule has 3 N–H and O–H groups in total. The molecule has 0 aromatic heterocycles. The highest BCUT2D eigenvalue weighted by atomic mass is 19.4. The third-order valence-corrected chi connectivity index (χ3v) is 2.37. The summed E-state index contributed by atoms with van der Waals surface area (Å²) >= 11 is 0. The van der Waals surface area contributed by atoms with Gasteiger partial charge in [-0.1, -0.05) is 6.07 Å². The molecule has 0 bridgehead atoms. The van der Waals surface area contributed by atoms with Crippen LogP contribution >= 0.6 is 0 Å². The monoisotopic (exact) mass is 247 g/mol. The van der Waals surface area contributed by atoms with Crippen LogP contribution in [0.3, 0.4) is 0 Å². The van der Waals surface area contributed by atoms with E-state index in [1.54, 1.807) is 0 Å². The largest absolute Gasteiger partial charge is 0.490 e. The molecule has 17 heavy (non-hydrogen) atoms. The molecule has 1 aliphatic rings. The second-order valence-corrected chi connectivity index (χ2v) is 3.68.